The molecule has 0 radical (unpaired) electrons. The number of hydrogen-bond donors (Lipinski definition) is 1. The monoisotopic (exact) mass is 253 g/mol. The minimum absolute atomic E-state index is 0.321. The van der Waals surface area contributed by atoms with Crippen LogP contribution in [-0.4, -0.2) is 29.5 Å². The zero-order valence-electron chi connectivity index (χ0n) is 12.6. The predicted octanol–water partition coefficient (Wildman–Crippen LogP) is 2.36. The normalized spacial score (nSPS) is 13.3. The molecule has 1 aromatic rings. The molecule has 1 heterocycles. The fraction of sp³-hybridized carbons (Fsp3) is 0.786. The molecule has 1 unspecified atom stereocenters. The van der Waals surface area contributed by atoms with E-state index in [1.54, 1.807) is 0 Å². The first-order valence-electron chi connectivity index (χ1n) is 6.74. The van der Waals surface area contributed by atoms with Crippen molar-refractivity contribution in [3.05, 3.63) is 17.0 Å². The first-order chi connectivity index (χ1) is 8.43. The van der Waals surface area contributed by atoms with Crippen molar-refractivity contribution in [2.75, 3.05) is 19.8 Å². The van der Waals surface area contributed by atoms with Gasteiger partial charge in [-0.3, -0.25) is 4.68 Å². The van der Waals surface area contributed by atoms with Crippen molar-refractivity contribution in [2.45, 2.75) is 40.7 Å². The number of aromatic nitrogens is 2. The summed E-state index contributed by atoms with van der Waals surface area (Å²) < 4.78 is 7.51. The lowest BCUT2D eigenvalue weighted by Crippen LogP contribution is -2.24. The van der Waals surface area contributed by atoms with Crippen molar-refractivity contribution in [3.8, 4) is 0 Å². The molecule has 0 spiro atoms. The molecule has 0 aromatic carbocycles. The second-order valence-corrected chi connectivity index (χ2v) is 5.35. The summed E-state index contributed by atoms with van der Waals surface area (Å²) in [7, 11) is 1.99. The average molecular weight is 253 g/mol. The summed E-state index contributed by atoms with van der Waals surface area (Å²) in [5, 5.41) is 7.93. The molecule has 0 saturated carbocycles. The Kier molecular flexibility index (Phi) is 5.82. The van der Waals surface area contributed by atoms with Crippen LogP contribution in [-0.2, 0) is 11.8 Å². The predicted molar refractivity (Wildman–Crippen MR) is 74.8 cm³/mol. The third-order valence-electron chi connectivity index (χ3n) is 3.15. The molecule has 0 aliphatic heterocycles. The van der Waals surface area contributed by atoms with Gasteiger partial charge in [-0.05, 0) is 26.7 Å². The standard InChI is InChI=1S/C14H27N3O/c1-10(2)9-18-8-7-15-11(3)14-12(4)16-17(6)13(14)5/h10-11,15H,7-9H2,1-6H3. The minimum Gasteiger partial charge on any atom is -0.380 e. The largest absolute Gasteiger partial charge is 0.380 e. The molecule has 1 N–H and O–H groups in total. The highest BCUT2D eigenvalue weighted by atomic mass is 16.5. The van der Waals surface area contributed by atoms with Gasteiger partial charge in [-0.1, -0.05) is 13.8 Å². The van der Waals surface area contributed by atoms with Crippen molar-refractivity contribution >= 4 is 0 Å². The minimum atomic E-state index is 0.321. The Morgan fingerprint density at radius 3 is 2.44 bits per heavy atom. The molecule has 0 aliphatic rings. The van der Waals surface area contributed by atoms with Gasteiger partial charge in [0.2, 0.25) is 0 Å². The zero-order chi connectivity index (χ0) is 13.7. The van der Waals surface area contributed by atoms with Crippen LogP contribution in [0.2, 0.25) is 0 Å². The van der Waals surface area contributed by atoms with E-state index >= 15 is 0 Å². The summed E-state index contributed by atoms with van der Waals surface area (Å²) in [5.74, 6) is 0.602. The van der Waals surface area contributed by atoms with Gasteiger partial charge in [0.1, 0.15) is 0 Å². The molecule has 4 heteroatoms. The van der Waals surface area contributed by atoms with E-state index in [2.05, 4.69) is 45.0 Å². The molecule has 18 heavy (non-hydrogen) atoms. The number of aryl methyl sites for hydroxylation is 2. The number of nitrogens with one attached hydrogen (secondary N) is 1. The van der Waals surface area contributed by atoms with Gasteiger partial charge in [0.05, 0.1) is 12.3 Å². The molecule has 1 atom stereocenters. The quantitative estimate of drug-likeness (QED) is 0.758. The van der Waals surface area contributed by atoms with E-state index in [9.17, 15) is 0 Å². The third-order valence-corrected chi connectivity index (χ3v) is 3.15. The highest BCUT2D eigenvalue weighted by Crippen LogP contribution is 2.20. The summed E-state index contributed by atoms with van der Waals surface area (Å²) in [4.78, 5) is 0. The second-order valence-electron chi connectivity index (χ2n) is 5.35. The SMILES string of the molecule is Cc1nn(C)c(C)c1C(C)NCCOCC(C)C. The fourth-order valence-electron chi connectivity index (χ4n) is 2.19. The molecule has 0 amide bonds. The van der Waals surface area contributed by atoms with E-state index in [1.165, 1.54) is 11.3 Å². The van der Waals surface area contributed by atoms with Gasteiger partial charge in [0, 0.05) is 37.5 Å². The molecular weight excluding hydrogens is 226 g/mol. The highest BCUT2D eigenvalue weighted by Gasteiger charge is 2.15. The maximum atomic E-state index is 5.56. The van der Waals surface area contributed by atoms with Crippen LogP contribution in [0.15, 0.2) is 0 Å². The van der Waals surface area contributed by atoms with Crippen LogP contribution in [0.4, 0.5) is 0 Å². The van der Waals surface area contributed by atoms with Gasteiger partial charge in [-0.2, -0.15) is 5.10 Å². The Bertz CT molecular complexity index is 371. The number of hydrogen-bond acceptors (Lipinski definition) is 3. The molecule has 1 rings (SSSR count). The van der Waals surface area contributed by atoms with E-state index < -0.39 is 0 Å². The fourth-order valence-corrected chi connectivity index (χ4v) is 2.19. The molecule has 4 nitrogen and oxygen atoms in total. The lowest BCUT2D eigenvalue weighted by Gasteiger charge is -2.15. The van der Waals surface area contributed by atoms with Gasteiger partial charge < -0.3 is 10.1 Å². The first kappa shape index (κ1) is 15.2. The summed E-state index contributed by atoms with van der Waals surface area (Å²) in [6.45, 7) is 13.2. The van der Waals surface area contributed by atoms with Crippen LogP contribution in [0.5, 0.6) is 0 Å². The van der Waals surface area contributed by atoms with Crippen LogP contribution in [0.25, 0.3) is 0 Å². The number of nitrogens with zero attached hydrogens (tertiary/aromatic N) is 2. The Balaban J connectivity index is 2.39. The molecule has 0 fully saturated rings. The van der Waals surface area contributed by atoms with E-state index in [0.29, 0.717) is 12.0 Å². The smallest absolute Gasteiger partial charge is 0.0644 e. The van der Waals surface area contributed by atoms with Crippen molar-refractivity contribution in [2.24, 2.45) is 13.0 Å². The molecular formula is C14H27N3O. The highest BCUT2D eigenvalue weighted by molar-refractivity contribution is 5.27. The van der Waals surface area contributed by atoms with Gasteiger partial charge in [-0.15, -0.1) is 0 Å². The second kappa shape index (κ2) is 6.90. The molecule has 0 aliphatic carbocycles. The van der Waals surface area contributed by atoms with Gasteiger partial charge in [0.15, 0.2) is 0 Å². The van der Waals surface area contributed by atoms with E-state index in [1.807, 2.05) is 11.7 Å². The van der Waals surface area contributed by atoms with Crippen LogP contribution >= 0.6 is 0 Å². The Labute approximate surface area is 111 Å². The summed E-state index contributed by atoms with van der Waals surface area (Å²) >= 11 is 0. The summed E-state index contributed by atoms with van der Waals surface area (Å²) in [6, 6.07) is 0.321. The van der Waals surface area contributed by atoms with Gasteiger partial charge in [-0.25, -0.2) is 0 Å². The van der Waals surface area contributed by atoms with Crippen molar-refractivity contribution in [3.63, 3.8) is 0 Å². The van der Waals surface area contributed by atoms with Gasteiger partial charge in [0.25, 0.3) is 0 Å². The van der Waals surface area contributed by atoms with Crippen LogP contribution in [0.1, 0.15) is 43.8 Å². The van der Waals surface area contributed by atoms with Crippen molar-refractivity contribution in [1.29, 1.82) is 0 Å². The molecule has 0 saturated heterocycles. The zero-order valence-corrected chi connectivity index (χ0v) is 12.6. The van der Waals surface area contributed by atoms with E-state index in [-0.39, 0.29) is 0 Å². The number of ether oxygens (including phenoxy) is 1. The van der Waals surface area contributed by atoms with E-state index in [4.69, 9.17) is 4.74 Å². The van der Waals surface area contributed by atoms with Gasteiger partial charge >= 0.3 is 0 Å². The Morgan fingerprint density at radius 2 is 1.94 bits per heavy atom. The summed E-state index contributed by atoms with van der Waals surface area (Å²) in [6.07, 6.45) is 0. The van der Waals surface area contributed by atoms with E-state index in [0.717, 1.165) is 25.5 Å². The summed E-state index contributed by atoms with van der Waals surface area (Å²) in [5.41, 5.74) is 3.65. The first-order valence-corrected chi connectivity index (χ1v) is 6.74. The lowest BCUT2D eigenvalue weighted by molar-refractivity contribution is 0.110. The molecule has 0 bridgehead atoms. The van der Waals surface area contributed by atoms with Crippen LogP contribution < -0.4 is 5.32 Å². The Morgan fingerprint density at radius 1 is 1.28 bits per heavy atom. The molecule has 1 aromatic heterocycles. The molecule has 104 valence electrons. The van der Waals surface area contributed by atoms with Crippen molar-refractivity contribution in [1.82, 2.24) is 15.1 Å². The van der Waals surface area contributed by atoms with Crippen LogP contribution in [0.3, 0.4) is 0 Å². The third kappa shape index (κ3) is 4.10. The van der Waals surface area contributed by atoms with Crippen LogP contribution in [0, 0.1) is 19.8 Å². The maximum absolute atomic E-state index is 5.56. The topological polar surface area (TPSA) is 39.1 Å². The maximum Gasteiger partial charge on any atom is 0.0644 e. The van der Waals surface area contributed by atoms with Crippen molar-refractivity contribution < 1.29 is 4.74 Å². The lowest BCUT2D eigenvalue weighted by atomic mass is 10.1. The Hall–Kier alpha value is -0.870. The number of rotatable bonds is 7. The average Bonchev–Trinajstić information content (AvgIpc) is 2.52.